The van der Waals surface area contributed by atoms with Gasteiger partial charge in [-0.25, -0.2) is 8.42 Å². The van der Waals surface area contributed by atoms with Gasteiger partial charge in [-0.15, -0.1) is 0 Å². The van der Waals surface area contributed by atoms with E-state index in [4.69, 9.17) is 0 Å². The maximum atomic E-state index is 13.9. The number of benzene rings is 1. The third-order valence-electron chi connectivity index (χ3n) is 3.66. The van der Waals surface area contributed by atoms with Crippen molar-refractivity contribution in [2.45, 2.75) is 24.8 Å². The van der Waals surface area contributed by atoms with Crippen molar-refractivity contribution in [2.75, 3.05) is 18.1 Å². The molecule has 0 aliphatic carbocycles. The smallest absolute Gasteiger partial charge is 0.349 e. The summed E-state index contributed by atoms with van der Waals surface area (Å²) >= 11 is 0. The Bertz CT molecular complexity index is 707. The Kier molecular flexibility index (Phi) is 5.53. The zero-order valence-electron chi connectivity index (χ0n) is 12.8. The minimum absolute atomic E-state index is 0.0258. The van der Waals surface area contributed by atoms with Gasteiger partial charge in [0.15, 0.2) is 9.84 Å². The molecule has 0 spiro atoms. The van der Waals surface area contributed by atoms with Crippen LogP contribution in [-0.4, -0.2) is 44.3 Å². The van der Waals surface area contributed by atoms with Gasteiger partial charge >= 0.3 is 5.92 Å². The molecule has 1 heterocycles. The molecule has 6 nitrogen and oxygen atoms in total. The summed E-state index contributed by atoms with van der Waals surface area (Å²) in [6.07, 6.45) is 0.139. The van der Waals surface area contributed by atoms with Gasteiger partial charge in [0.05, 0.1) is 11.5 Å². The molecule has 1 aromatic carbocycles. The first-order valence-corrected chi connectivity index (χ1v) is 9.24. The first kappa shape index (κ1) is 18.3. The molecule has 1 aromatic rings. The van der Waals surface area contributed by atoms with Crippen molar-refractivity contribution in [2.24, 2.45) is 0 Å². The molecular weight excluding hydrogens is 342 g/mol. The fraction of sp³-hybridized carbons (Fsp3) is 0.467. The molecule has 1 saturated heterocycles. The first-order valence-electron chi connectivity index (χ1n) is 7.42. The lowest BCUT2D eigenvalue weighted by Crippen LogP contribution is -2.41. The number of amides is 2. The Morgan fingerprint density at radius 1 is 1.21 bits per heavy atom. The van der Waals surface area contributed by atoms with E-state index < -0.39 is 39.2 Å². The van der Waals surface area contributed by atoms with Crippen LogP contribution in [-0.2, 0) is 25.3 Å². The van der Waals surface area contributed by atoms with E-state index in [2.05, 4.69) is 5.32 Å². The summed E-state index contributed by atoms with van der Waals surface area (Å²) < 4.78 is 50.4. The van der Waals surface area contributed by atoms with E-state index in [1.165, 1.54) is 12.1 Å². The van der Waals surface area contributed by atoms with Crippen LogP contribution in [0.4, 0.5) is 8.78 Å². The number of halogens is 2. The molecular formula is C15H18F2N2O4S. The molecule has 1 fully saturated rings. The Labute approximate surface area is 138 Å². The third kappa shape index (κ3) is 4.73. The monoisotopic (exact) mass is 360 g/mol. The number of carbonyl (C=O) groups is 2. The van der Waals surface area contributed by atoms with E-state index in [1.54, 1.807) is 6.07 Å². The highest BCUT2D eigenvalue weighted by molar-refractivity contribution is 7.91. The lowest BCUT2D eigenvalue weighted by Gasteiger charge is -2.16. The van der Waals surface area contributed by atoms with Crippen molar-refractivity contribution in [3.05, 3.63) is 35.9 Å². The number of rotatable bonds is 6. The second kappa shape index (κ2) is 7.25. The van der Waals surface area contributed by atoms with Crippen LogP contribution in [0.1, 0.15) is 18.4 Å². The zero-order valence-corrected chi connectivity index (χ0v) is 13.6. The molecule has 2 amide bonds. The molecule has 2 rings (SSSR count). The highest BCUT2D eigenvalue weighted by Gasteiger charge is 2.40. The quantitative estimate of drug-likeness (QED) is 0.777. The molecule has 0 radical (unpaired) electrons. The van der Waals surface area contributed by atoms with Gasteiger partial charge < -0.3 is 10.6 Å². The molecule has 132 valence electrons. The molecule has 24 heavy (non-hydrogen) atoms. The number of carbonyl (C=O) groups excluding carboxylic acids is 2. The lowest BCUT2D eigenvalue weighted by atomic mass is 10.1. The average Bonchev–Trinajstić information content (AvgIpc) is 2.86. The Hall–Kier alpha value is -2.03. The van der Waals surface area contributed by atoms with Gasteiger partial charge in [0.25, 0.3) is 5.91 Å². The van der Waals surface area contributed by atoms with E-state index in [0.717, 1.165) is 12.1 Å². The topological polar surface area (TPSA) is 92.3 Å². The highest BCUT2D eigenvalue weighted by Crippen LogP contribution is 2.27. The standard InChI is InChI=1S/C15H18F2N2O4S/c16-15(17,11-4-2-1-3-5-11)14(21)18-8-6-13(20)19-12-7-9-24(22,23)10-12/h1-5,12H,6-10H2,(H,18,21)(H,19,20). The SMILES string of the molecule is O=C(CCNC(=O)C(F)(F)c1ccccc1)NC1CCS(=O)(=O)C1. The number of nitrogens with one attached hydrogen (secondary N) is 2. The zero-order chi connectivity index (χ0) is 17.8. The number of hydrogen-bond acceptors (Lipinski definition) is 4. The van der Waals surface area contributed by atoms with Crippen LogP contribution in [0.25, 0.3) is 0 Å². The van der Waals surface area contributed by atoms with Crippen molar-refractivity contribution < 1.29 is 26.8 Å². The van der Waals surface area contributed by atoms with Crippen LogP contribution in [0.2, 0.25) is 0 Å². The van der Waals surface area contributed by atoms with E-state index in [-0.39, 0.29) is 24.5 Å². The highest BCUT2D eigenvalue weighted by atomic mass is 32.2. The van der Waals surface area contributed by atoms with Crippen molar-refractivity contribution in [3.63, 3.8) is 0 Å². The largest absolute Gasteiger partial charge is 0.352 e. The lowest BCUT2D eigenvalue weighted by molar-refractivity contribution is -0.147. The van der Waals surface area contributed by atoms with Crippen molar-refractivity contribution >= 4 is 21.7 Å². The maximum Gasteiger partial charge on any atom is 0.349 e. The summed E-state index contributed by atoms with van der Waals surface area (Å²) in [6, 6.07) is 6.20. The summed E-state index contributed by atoms with van der Waals surface area (Å²) in [5, 5.41) is 4.55. The van der Waals surface area contributed by atoms with Gasteiger partial charge in [-0.05, 0) is 6.42 Å². The minimum Gasteiger partial charge on any atom is -0.352 e. The van der Waals surface area contributed by atoms with E-state index >= 15 is 0 Å². The average molecular weight is 360 g/mol. The molecule has 0 saturated carbocycles. The van der Waals surface area contributed by atoms with Crippen LogP contribution < -0.4 is 10.6 Å². The fourth-order valence-electron chi connectivity index (χ4n) is 2.39. The van der Waals surface area contributed by atoms with Gasteiger partial charge in [-0.2, -0.15) is 8.78 Å². The Morgan fingerprint density at radius 2 is 1.88 bits per heavy atom. The van der Waals surface area contributed by atoms with Gasteiger partial charge in [-0.3, -0.25) is 9.59 Å². The predicted molar refractivity (Wildman–Crippen MR) is 83.2 cm³/mol. The third-order valence-corrected chi connectivity index (χ3v) is 5.42. The van der Waals surface area contributed by atoms with Crippen LogP contribution in [0.15, 0.2) is 30.3 Å². The molecule has 1 atom stereocenters. The van der Waals surface area contributed by atoms with Crippen LogP contribution >= 0.6 is 0 Å². The van der Waals surface area contributed by atoms with Gasteiger partial charge in [-0.1, -0.05) is 30.3 Å². The van der Waals surface area contributed by atoms with Crippen LogP contribution in [0, 0.1) is 0 Å². The molecule has 1 unspecified atom stereocenters. The molecule has 1 aliphatic heterocycles. The van der Waals surface area contributed by atoms with Crippen molar-refractivity contribution in [1.82, 2.24) is 10.6 Å². The molecule has 0 aromatic heterocycles. The minimum atomic E-state index is -3.68. The number of hydrogen-bond donors (Lipinski definition) is 2. The van der Waals surface area contributed by atoms with Crippen LogP contribution in [0.3, 0.4) is 0 Å². The number of sulfone groups is 1. The van der Waals surface area contributed by atoms with E-state index in [9.17, 15) is 26.8 Å². The Balaban J connectivity index is 1.77. The summed E-state index contributed by atoms with van der Waals surface area (Å²) in [5.74, 6) is -5.74. The number of alkyl halides is 2. The maximum absolute atomic E-state index is 13.9. The van der Waals surface area contributed by atoms with E-state index in [0.29, 0.717) is 6.42 Å². The second-order valence-corrected chi connectivity index (χ2v) is 7.84. The van der Waals surface area contributed by atoms with Gasteiger partial charge in [0, 0.05) is 24.6 Å². The fourth-order valence-corrected chi connectivity index (χ4v) is 4.06. The summed E-state index contributed by atoms with van der Waals surface area (Å²) in [6.45, 7) is -0.257. The van der Waals surface area contributed by atoms with Crippen LogP contribution in [0.5, 0.6) is 0 Å². The van der Waals surface area contributed by atoms with Crippen molar-refractivity contribution in [1.29, 1.82) is 0 Å². The van der Waals surface area contributed by atoms with Crippen molar-refractivity contribution in [3.8, 4) is 0 Å². The molecule has 0 bridgehead atoms. The molecule has 9 heteroatoms. The molecule has 2 N–H and O–H groups in total. The predicted octanol–water partition coefficient (Wildman–Crippen LogP) is 0.588. The summed E-state index contributed by atoms with van der Waals surface area (Å²) in [4.78, 5) is 23.3. The molecule has 1 aliphatic rings. The van der Waals surface area contributed by atoms with Gasteiger partial charge in [0.2, 0.25) is 5.91 Å². The summed E-state index contributed by atoms with van der Waals surface area (Å²) in [5.41, 5.74) is -0.428. The second-order valence-electron chi connectivity index (χ2n) is 5.61. The van der Waals surface area contributed by atoms with E-state index in [1.807, 2.05) is 5.32 Å². The normalized spacial score (nSPS) is 19.7. The Morgan fingerprint density at radius 3 is 2.46 bits per heavy atom. The van der Waals surface area contributed by atoms with Gasteiger partial charge in [0.1, 0.15) is 0 Å². The summed E-state index contributed by atoms with van der Waals surface area (Å²) in [7, 11) is -3.11. The first-order chi connectivity index (χ1) is 11.2.